The van der Waals surface area contributed by atoms with Gasteiger partial charge in [-0.1, -0.05) is 6.92 Å². The average Bonchev–Trinajstić information content (AvgIpc) is 2.67. The summed E-state index contributed by atoms with van der Waals surface area (Å²) in [6, 6.07) is 0. The predicted molar refractivity (Wildman–Crippen MR) is 79.1 cm³/mol. The number of hydrogen-bond acceptors (Lipinski definition) is 2. The molecule has 2 unspecified atom stereocenters. The first kappa shape index (κ1) is 15.0. The van der Waals surface area contributed by atoms with E-state index in [1.807, 2.05) is 11.7 Å². The summed E-state index contributed by atoms with van der Waals surface area (Å²) < 4.78 is 17.8. The molecule has 1 aromatic heterocycles. The molecule has 0 saturated carbocycles. The van der Waals surface area contributed by atoms with E-state index < -0.39 is 5.67 Å². The Morgan fingerprint density at radius 1 is 1.58 bits per heavy atom. The molecule has 3 nitrogen and oxygen atoms in total. The normalized spacial score (nSPS) is 23.3. The third kappa shape index (κ3) is 3.19. The quantitative estimate of drug-likeness (QED) is 0.919. The summed E-state index contributed by atoms with van der Waals surface area (Å²) in [6.45, 7) is 5.59. The first-order valence-electron chi connectivity index (χ1n) is 7.05. The molecule has 0 aliphatic carbocycles. The summed E-state index contributed by atoms with van der Waals surface area (Å²) in [4.78, 5) is 0. The van der Waals surface area contributed by atoms with Gasteiger partial charge in [-0.25, -0.2) is 4.39 Å². The van der Waals surface area contributed by atoms with Gasteiger partial charge >= 0.3 is 0 Å². The molecule has 1 fully saturated rings. The molecule has 5 heteroatoms. The van der Waals surface area contributed by atoms with Crippen molar-refractivity contribution in [2.24, 2.45) is 13.0 Å². The van der Waals surface area contributed by atoms with Crippen molar-refractivity contribution in [3.8, 4) is 0 Å². The van der Waals surface area contributed by atoms with Gasteiger partial charge in [0.15, 0.2) is 0 Å². The number of halogens is 2. The van der Waals surface area contributed by atoms with Crippen LogP contribution in [-0.4, -0.2) is 28.5 Å². The van der Waals surface area contributed by atoms with E-state index >= 15 is 4.39 Å². The summed E-state index contributed by atoms with van der Waals surface area (Å²) in [5, 5.41) is 7.74. The van der Waals surface area contributed by atoms with Gasteiger partial charge < -0.3 is 5.32 Å². The fraction of sp³-hybridized carbons (Fsp3) is 0.786. The van der Waals surface area contributed by atoms with Crippen molar-refractivity contribution >= 4 is 15.9 Å². The van der Waals surface area contributed by atoms with E-state index in [0.717, 1.165) is 48.2 Å². The minimum absolute atomic E-state index is 0.0909. The molecule has 1 aliphatic heterocycles. The lowest BCUT2D eigenvalue weighted by Gasteiger charge is -2.34. The fourth-order valence-corrected chi connectivity index (χ4v) is 3.61. The van der Waals surface area contributed by atoms with E-state index in [1.165, 1.54) is 0 Å². The Labute approximate surface area is 123 Å². The number of piperidine rings is 1. The molecule has 2 rings (SSSR count). The zero-order valence-corrected chi connectivity index (χ0v) is 13.6. The zero-order valence-electron chi connectivity index (χ0n) is 12.0. The van der Waals surface area contributed by atoms with Crippen LogP contribution in [0.25, 0.3) is 0 Å². The van der Waals surface area contributed by atoms with Crippen LogP contribution in [0.2, 0.25) is 0 Å². The number of nitrogens with one attached hydrogen (secondary N) is 1. The van der Waals surface area contributed by atoms with E-state index in [-0.39, 0.29) is 5.92 Å². The van der Waals surface area contributed by atoms with Crippen LogP contribution in [0.15, 0.2) is 4.47 Å². The molecule has 1 aromatic rings. The Kier molecular flexibility index (Phi) is 4.66. The summed E-state index contributed by atoms with van der Waals surface area (Å²) in [5.74, 6) is 0.0909. The van der Waals surface area contributed by atoms with Gasteiger partial charge in [-0.3, -0.25) is 4.68 Å². The molecule has 0 spiro atoms. The number of alkyl halides is 1. The molecule has 0 amide bonds. The minimum atomic E-state index is -1.19. The van der Waals surface area contributed by atoms with Crippen LogP contribution in [-0.2, 0) is 19.9 Å². The van der Waals surface area contributed by atoms with Crippen molar-refractivity contribution in [3.63, 3.8) is 0 Å². The van der Waals surface area contributed by atoms with E-state index in [1.54, 1.807) is 6.92 Å². The van der Waals surface area contributed by atoms with Gasteiger partial charge in [0.2, 0.25) is 0 Å². The van der Waals surface area contributed by atoms with Crippen molar-refractivity contribution in [2.45, 2.75) is 45.2 Å². The third-order valence-electron chi connectivity index (χ3n) is 4.16. The molecule has 0 radical (unpaired) electrons. The van der Waals surface area contributed by atoms with Crippen LogP contribution < -0.4 is 5.32 Å². The molecule has 108 valence electrons. The second-order valence-electron chi connectivity index (χ2n) is 5.68. The van der Waals surface area contributed by atoms with Gasteiger partial charge in [-0.05, 0) is 48.7 Å². The maximum absolute atomic E-state index is 15.0. The average molecular weight is 332 g/mol. The molecule has 19 heavy (non-hydrogen) atoms. The lowest BCUT2D eigenvalue weighted by atomic mass is 9.82. The van der Waals surface area contributed by atoms with Gasteiger partial charge in [-0.15, -0.1) is 0 Å². The van der Waals surface area contributed by atoms with E-state index in [4.69, 9.17) is 0 Å². The first-order valence-corrected chi connectivity index (χ1v) is 7.85. The van der Waals surface area contributed by atoms with Crippen molar-refractivity contribution in [1.82, 2.24) is 15.1 Å². The van der Waals surface area contributed by atoms with Crippen molar-refractivity contribution in [1.29, 1.82) is 0 Å². The van der Waals surface area contributed by atoms with Crippen LogP contribution in [0.1, 0.15) is 38.1 Å². The van der Waals surface area contributed by atoms with Gasteiger partial charge in [0, 0.05) is 25.9 Å². The molecule has 1 aliphatic rings. The summed E-state index contributed by atoms with van der Waals surface area (Å²) >= 11 is 3.57. The number of hydrogen-bond donors (Lipinski definition) is 1. The molecular formula is C14H23BrFN3. The minimum Gasteiger partial charge on any atom is -0.316 e. The zero-order chi connectivity index (χ0) is 14.0. The fourth-order valence-electron chi connectivity index (χ4n) is 2.85. The second kappa shape index (κ2) is 5.92. The SMILES string of the molecule is CCc1nn(C)c(CC(C)(F)C2CCCNC2)c1Br. The Morgan fingerprint density at radius 3 is 2.84 bits per heavy atom. The second-order valence-corrected chi connectivity index (χ2v) is 6.48. The highest BCUT2D eigenvalue weighted by molar-refractivity contribution is 9.10. The van der Waals surface area contributed by atoms with E-state index in [0.29, 0.717) is 6.42 Å². The Bertz CT molecular complexity index is 436. The van der Waals surface area contributed by atoms with Crippen LogP contribution in [0.4, 0.5) is 4.39 Å². The highest BCUT2D eigenvalue weighted by Gasteiger charge is 2.36. The van der Waals surface area contributed by atoms with Crippen LogP contribution in [0.3, 0.4) is 0 Å². The number of nitrogens with zero attached hydrogens (tertiary/aromatic N) is 2. The van der Waals surface area contributed by atoms with E-state index in [9.17, 15) is 0 Å². The van der Waals surface area contributed by atoms with Gasteiger partial charge in [-0.2, -0.15) is 5.10 Å². The smallest absolute Gasteiger partial charge is 0.117 e. The maximum Gasteiger partial charge on any atom is 0.117 e. The van der Waals surface area contributed by atoms with Gasteiger partial charge in [0.05, 0.1) is 15.9 Å². The Hall–Kier alpha value is -0.420. The first-order chi connectivity index (χ1) is 8.95. The van der Waals surface area contributed by atoms with E-state index in [2.05, 4.69) is 33.3 Å². The van der Waals surface area contributed by atoms with Crippen LogP contribution >= 0.6 is 15.9 Å². The number of rotatable bonds is 4. The molecule has 1 N–H and O–H groups in total. The number of aromatic nitrogens is 2. The predicted octanol–water partition coefficient (Wildman–Crippen LogP) is 3.02. The highest BCUT2D eigenvalue weighted by Crippen LogP contribution is 2.34. The number of aryl methyl sites for hydroxylation is 2. The summed E-state index contributed by atoms with van der Waals surface area (Å²) in [6.07, 6.45) is 3.32. The Morgan fingerprint density at radius 2 is 2.32 bits per heavy atom. The van der Waals surface area contributed by atoms with Crippen LogP contribution in [0.5, 0.6) is 0 Å². The summed E-state index contributed by atoms with van der Waals surface area (Å²) in [5.41, 5.74) is 0.789. The topological polar surface area (TPSA) is 29.9 Å². The standard InChI is InChI=1S/C14H23BrFN3/c1-4-11-13(15)12(19(3)18-11)8-14(2,16)10-6-5-7-17-9-10/h10,17H,4-9H2,1-3H3. The summed E-state index contributed by atoms with van der Waals surface area (Å²) in [7, 11) is 1.90. The molecule has 2 atom stereocenters. The lowest BCUT2D eigenvalue weighted by molar-refractivity contribution is 0.0811. The van der Waals surface area contributed by atoms with Gasteiger partial charge in [0.1, 0.15) is 5.67 Å². The van der Waals surface area contributed by atoms with Crippen LogP contribution in [0, 0.1) is 5.92 Å². The largest absolute Gasteiger partial charge is 0.316 e. The lowest BCUT2D eigenvalue weighted by Crippen LogP contribution is -2.43. The third-order valence-corrected chi connectivity index (χ3v) is 5.08. The monoisotopic (exact) mass is 331 g/mol. The van der Waals surface area contributed by atoms with Crippen molar-refractivity contribution < 1.29 is 4.39 Å². The maximum atomic E-state index is 15.0. The van der Waals surface area contributed by atoms with Gasteiger partial charge in [0.25, 0.3) is 0 Å². The molecule has 0 aromatic carbocycles. The molecular weight excluding hydrogens is 309 g/mol. The molecule has 2 heterocycles. The van der Waals surface area contributed by atoms with Crippen molar-refractivity contribution in [2.75, 3.05) is 13.1 Å². The van der Waals surface area contributed by atoms with Crippen molar-refractivity contribution in [3.05, 3.63) is 15.9 Å². The Balaban J connectivity index is 2.17. The molecule has 0 bridgehead atoms. The highest BCUT2D eigenvalue weighted by atomic mass is 79.9. The molecule has 1 saturated heterocycles.